The largest absolute Gasteiger partial charge is 0.450 e. The van der Waals surface area contributed by atoms with Gasteiger partial charge in [0, 0.05) is 26.2 Å². The third-order valence-corrected chi connectivity index (χ3v) is 7.26. The number of amides is 1. The number of nitrogens with zero attached hydrogens (tertiary/aromatic N) is 2. The molecule has 1 unspecified atom stereocenters. The van der Waals surface area contributed by atoms with E-state index in [-0.39, 0.29) is 17.1 Å². The highest BCUT2D eigenvalue weighted by Gasteiger charge is 2.42. The summed E-state index contributed by atoms with van der Waals surface area (Å²) in [6.07, 6.45) is 0. The Hall–Kier alpha value is -2.96. The van der Waals surface area contributed by atoms with Gasteiger partial charge in [0.15, 0.2) is 5.43 Å². The zero-order chi connectivity index (χ0) is 24.0. The van der Waals surface area contributed by atoms with Gasteiger partial charge in [0.25, 0.3) is 5.91 Å². The molecule has 6 heteroatoms. The summed E-state index contributed by atoms with van der Waals surface area (Å²) in [6.45, 7) is 12.7. The minimum atomic E-state index is -0.452. The van der Waals surface area contributed by atoms with Crippen LogP contribution in [0.5, 0.6) is 0 Å². The van der Waals surface area contributed by atoms with Crippen LogP contribution in [-0.2, 0) is 4.74 Å². The average molecular weight is 461 g/mol. The van der Waals surface area contributed by atoms with Crippen LogP contribution in [0.3, 0.4) is 0 Å². The van der Waals surface area contributed by atoms with Gasteiger partial charge in [-0.3, -0.25) is 14.5 Å². The monoisotopic (exact) mass is 460 g/mol. The van der Waals surface area contributed by atoms with Crippen LogP contribution in [0, 0.1) is 13.8 Å². The Labute approximate surface area is 200 Å². The Morgan fingerprint density at radius 3 is 2.32 bits per heavy atom. The van der Waals surface area contributed by atoms with E-state index in [2.05, 4.69) is 30.9 Å². The molecular weight excluding hydrogens is 428 g/mol. The predicted octanol–water partition coefficient (Wildman–Crippen LogP) is 4.41. The first-order valence-corrected chi connectivity index (χ1v) is 12.1. The van der Waals surface area contributed by atoms with Crippen molar-refractivity contribution in [2.24, 2.45) is 0 Å². The second-order valence-electron chi connectivity index (χ2n) is 9.78. The van der Waals surface area contributed by atoms with Gasteiger partial charge < -0.3 is 14.1 Å². The highest BCUT2D eigenvalue weighted by molar-refractivity contribution is 5.99. The summed E-state index contributed by atoms with van der Waals surface area (Å²) in [5, 5.41) is 0.536. The highest BCUT2D eigenvalue weighted by atomic mass is 16.5. The molecule has 0 bridgehead atoms. The first-order valence-electron chi connectivity index (χ1n) is 12.1. The number of carbonyl (C=O) groups excluding carboxylic acids is 1. The van der Waals surface area contributed by atoms with Gasteiger partial charge in [-0.1, -0.05) is 38.1 Å². The summed E-state index contributed by atoms with van der Waals surface area (Å²) in [6, 6.07) is 11.6. The van der Waals surface area contributed by atoms with E-state index < -0.39 is 6.04 Å². The van der Waals surface area contributed by atoms with E-state index in [9.17, 15) is 9.59 Å². The molecular formula is C28H32N2O4. The van der Waals surface area contributed by atoms with Crippen molar-refractivity contribution in [2.75, 3.05) is 39.4 Å². The van der Waals surface area contributed by atoms with Crippen LogP contribution in [0.15, 0.2) is 45.6 Å². The molecule has 2 aliphatic rings. The second-order valence-corrected chi connectivity index (χ2v) is 9.78. The molecule has 3 aromatic rings. The maximum Gasteiger partial charge on any atom is 0.290 e. The van der Waals surface area contributed by atoms with Crippen molar-refractivity contribution in [2.45, 2.75) is 39.7 Å². The average Bonchev–Trinajstić information content (AvgIpc) is 3.11. The molecule has 1 amide bonds. The Kier molecular flexibility index (Phi) is 6.04. The lowest BCUT2D eigenvalue weighted by Crippen LogP contribution is -2.42. The number of rotatable bonds is 5. The zero-order valence-electron chi connectivity index (χ0n) is 20.4. The molecule has 0 saturated carbocycles. The van der Waals surface area contributed by atoms with Crippen molar-refractivity contribution in [3.8, 4) is 0 Å². The van der Waals surface area contributed by atoms with Crippen molar-refractivity contribution >= 4 is 16.9 Å². The smallest absolute Gasteiger partial charge is 0.290 e. The van der Waals surface area contributed by atoms with E-state index in [0.717, 1.165) is 36.3 Å². The molecule has 6 nitrogen and oxygen atoms in total. The summed E-state index contributed by atoms with van der Waals surface area (Å²) in [4.78, 5) is 31.5. The Morgan fingerprint density at radius 1 is 0.971 bits per heavy atom. The molecule has 2 aliphatic heterocycles. The van der Waals surface area contributed by atoms with Gasteiger partial charge in [-0.05, 0) is 54.2 Å². The van der Waals surface area contributed by atoms with Crippen molar-refractivity contribution in [3.63, 3.8) is 0 Å². The maximum absolute atomic E-state index is 13.8. The summed E-state index contributed by atoms with van der Waals surface area (Å²) < 4.78 is 11.6. The number of hydrogen-bond donors (Lipinski definition) is 0. The van der Waals surface area contributed by atoms with Crippen LogP contribution in [0.2, 0.25) is 0 Å². The lowest BCUT2D eigenvalue weighted by molar-refractivity contribution is 0.0314. The predicted molar refractivity (Wildman–Crippen MR) is 133 cm³/mol. The number of carbonyl (C=O) groups is 1. The SMILES string of the molecule is Cc1cc2oc3c(c(=O)c2cc1C)C(c1ccc(C(C)C)cc1)N(CCN1CCOCC1)C3=O. The van der Waals surface area contributed by atoms with E-state index >= 15 is 0 Å². The molecule has 34 heavy (non-hydrogen) atoms. The quantitative estimate of drug-likeness (QED) is 0.564. The number of aryl methyl sites for hydroxylation is 2. The standard InChI is InChI=1S/C28H32N2O4/c1-17(2)20-5-7-21(8-6-20)25-24-26(31)22-15-18(3)19(4)16-23(22)34-27(24)28(32)30(25)10-9-29-11-13-33-14-12-29/h5-8,15-17,25H,9-14H2,1-4H3. The van der Waals surface area contributed by atoms with Crippen LogP contribution in [0.1, 0.15) is 64.2 Å². The summed E-state index contributed by atoms with van der Waals surface area (Å²) in [5.41, 5.74) is 5.06. The van der Waals surface area contributed by atoms with Crippen LogP contribution in [-0.4, -0.2) is 55.1 Å². The Bertz CT molecular complexity index is 1290. The van der Waals surface area contributed by atoms with Gasteiger partial charge in [0.05, 0.1) is 30.2 Å². The molecule has 1 atom stereocenters. The van der Waals surface area contributed by atoms with Gasteiger partial charge in [-0.15, -0.1) is 0 Å². The second kappa shape index (κ2) is 9.01. The van der Waals surface area contributed by atoms with Gasteiger partial charge in [0.2, 0.25) is 5.76 Å². The fourth-order valence-corrected chi connectivity index (χ4v) is 4.99. The maximum atomic E-state index is 13.8. The fourth-order valence-electron chi connectivity index (χ4n) is 4.99. The van der Waals surface area contributed by atoms with E-state index in [1.54, 1.807) is 0 Å². The molecule has 1 aromatic heterocycles. The minimum absolute atomic E-state index is 0.112. The topological polar surface area (TPSA) is 63.0 Å². The first kappa shape index (κ1) is 22.8. The first-order chi connectivity index (χ1) is 16.3. The van der Waals surface area contributed by atoms with E-state index in [1.807, 2.05) is 43.0 Å². The lowest BCUT2D eigenvalue weighted by Gasteiger charge is -2.31. The third kappa shape index (κ3) is 3.95. The van der Waals surface area contributed by atoms with Crippen LogP contribution in [0.4, 0.5) is 0 Å². The molecule has 1 saturated heterocycles. The van der Waals surface area contributed by atoms with Gasteiger partial charge in [-0.2, -0.15) is 0 Å². The molecule has 3 heterocycles. The number of benzene rings is 2. The van der Waals surface area contributed by atoms with Gasteiger partial charge >= 0.3 is 0 Å². The molecule has 5 rings (SSSR count). The third-order valence-electron chi connectivity index (χ3n) is 7.26. The summed E-state index contributed by atoms with van der Waals surface area (Å²) in [5.74, 6) is 0.378. The van der Waals surface area contributed by atoms with Crippen molar-refractivity contribution in [1.29, 1.82) is 0 Å². The normalized spacial score (nSPS) is 18.8. The number of fused-ring (bicyclic) bond motifs is 2. The van der Waals surface area contributed by atoms with E-state index in [1.165, 1.54) is 5.56 Å². The van der Waals surface area contributed by atoms with E-state index in [0.29, 0.717) is 42.2 Å². The molecule has 0 aliphatic carbocycles. The zero-order valence-corrected chi connectivity index (χ0v) is 20.4. The summed E-state index contributed by atoms with van der Waals surface area (Å²) >= 11 is 0. The minimum Gasteiger partial charge on any atom is -0.450 e. The van der Waals surface area contributed by atoms with Gasteiger partial charge in [0.1, 0.15) is 5.58 Å². The fraction of sp³-hybridized carbons (Fsp3) is 0.429. The molecule has 0 radical (unpaired) electrons. The molecule has 0 N–H and O–H groups in total. The molecule has 2 aromatic carbocycles. The van der Waals surface area contributed by atoms with Crippen LogP contribution >= 0.6 is 0 Å². The molecule has 178 valence electrons. The van der Waals surface area contributed by atoms with Gasteiger partial charge in [-0.25, -0.2) is 0 Å². The highest BCUT2D eigenvalue weighted by Crippen LogP contribution is 2.38. The van der Waals surface area contributed by atoms with Crippen molar-refractivity contribution in [1.82, 2.24) is 9.80 Å². The summed E-state index contributed by atoms with van der Waals surface area (Å²) in [7, 11) is 0. The Balaban J connectivity index is 1.61. The molecule has 0 spiro atoms. The van der Waals surface area contributed by atoms with Crippen molar-refractivity contribution in [3.05, 3.63) is 80.2 Å². The van der Waals surface area contributed by atoms with Crippen molar-refractivity contribution < 1.29 is 13.9 Å². The number of morpholine rings is 1. The van der Waals surface area contributed by atoms with Crippen LogP contribution < -0.4 is 5.43 Å². The number of hydrogen-bond acceptors (Lipinski definition) is 5. The van der Waals surface area contributed by atoms with E-state index in [4.69, 9.17) is 9.15 Å². The lowest BCUT2D eigenvalue weighted by atomic mass is 9.95. The van der Waals surface area contributed by atoms with Crippen LogP contribution in [0.25, 0.3) is 11.0 Å². The Morgan fingerprint density at radius 2 is 1.65 bits per heavy atom. The number of ether oxygens (including phenoxy) is 1. The molecule has 1 fully saturated rings.